The van der Waals surface area contributed by atoms with Crippen molar-refractivity contribution in [2.24, 2.45) is 7.05 Å². The van der Waals surface area contributed by atoms with Crippen LogP contribution in [0.4, 0.5) is 5.69 Å². The van der Waals surface area contributed by atoms with Gasteiger partial charge in [0.15, 0.2) is 0 Å². The second-order valence-electron chi connectivity index (χ2n) is 3.96. The van der Waals surface area contributed by atoms with Crippen LogP contribution in [-0.2, 0) is 11.8 Å². The predicted octanol–water partition coefficient (Wildman–Crippen LogP) is 1.97. The number of nitrogens with one attached hydrogen (secondary N) is 1. The number of hydrogen-bond acceptors (Lipinski definition) is 3. The molecule has 0 radical (unpaired) electrons. The Balaban J connectivity index is 2.47. The molecule has 0 aliphatic carbocycles. The zero-order valence-corrected chi connectivity index (χ0v) is 10.6. The van der Waals surface area contributed by atoms with Crippen molar-refractivity contribution in [3.05, 3.63) is 30.1 Å². The molecule has 2 aromatic rings. The Kier molecular flexibility index (Phi) is 3.32. The molecule has 18 heavy (non-hydrogen) atoms. The topological polar surface area (TPSA) is 56.1 Å². The molecule has 0 unspecified atom stereocenters. The van der Waals surface area contributed by atoms with Crippen LogP contribution in [0.5, 0.6) is 5.75 Å². The van der Waals surface area contributed by atoms with Gasteiger partial charge < -0.3 is 14.6 Å². The Morgan fingerprint density at radius 2 is 2.22 bits per heavy atom. The fraction of sp³-hybridized carbons (Fsp3) is 0.231. The molecule has 0 fully saturated rings. The second-order valence-corrected chi connectivity index (χ2v) is 3.96. The number of ether oxygens (including phenoxy) is 1. The molecule has 0 spiro atoms. The molecule has 5 nitrogen and oxygen atoms in total. The average Bonchev–Trinajstić information content (AvgIpc) is 2.71. The third-order valence-corrected chi connectivity index (χ3v) is 2.89. The lowest BCUT2D eigenvalue weighted by atomic mass is 10.1. The summed E-state index contributed by atoms with van der Waals surface area (Å²) in [4.78, 5) is 14.8. The number of anilines is 1. The van der Waals surface area contributed by atoms with E-state index in [1.54, 1.807) is 13.2 Å². The molecule has 0 bridgehead atoms. The number of imidazole rings is 1. The fourth-order valence-electron chi connectivity index (χ4n) is 1.78. The standard InChI is InChI=1S/C13H15N3O2/c1-9-7-14-13(16(9)2)10-4-5-11(15-8-17)12(6-10)18-3/h4-8H,1-3H3,(H,15,17). The summed E-state index contributed by atoms with van der Waals surface area (Å²) in [6, 6.07) is 5.55. The number of benzene rings is 1. The lowest BCUT2D eigenvalue weighted by Gasteiger charge is -2.10. The molecule has 0 aliphatic heterocycles. The molecule has 1 aromatic carbocycles. The van der Waals surface area contributed by atoms with Crippen LogP contribution in [0.2, 0.25) is 0 Å². The number of aryl methyl sites for hydroxylation is 1. The number of carbonyl (C=O) groups excluding carboxylic acids is 1. The summed E-state index contributed by atoms with van der Waals surface area (Å²) in [5.74, 6) is 1.48. The Morgan fingerprint density at radius 1 is 1.44 bits per heavy atom. The zero-order chi connectivity index (χ0) is 13.1. The SMILES string of the molecule is COc1cc(-c2ncc(C)n2C)ccc1NC=O. The van der Waals surface area contributed by atoms with Crippen LogP contribution >= 0.6 is 0 Å². The van der Waals surface area contributed by atoms with Crippen molar-refractivity contribution in [1.29, 1.82) is 0 Å². The Morgan fingerprint density at radius 3 is 2.78 bits per heavy atom. The summed E-state index contributed by atoms with van der Waals surface area (Å²) in [5, 5.41) is 2.59. The molecule has 1 amide bonds. The Bertz CT molecular complexity index is 576. The molecule has 94 valence electrons. The highest BCUT2D eigenvalue weighted by molar-refractivity contribution is 5.77. The smallest absolute Gasteiger partial charge is 0.211 e. The van der Waals surface area contributed by atoms with Crippen LogP contribution in [-0.4, -0.2) is 23.1 Å². The summed E-state index contributed by atoms with van der Waals surface area (Å²) < 4.78 is 7.25. The molecule has 0 aliphatic rings. The zero-order valence-electron chi connectivity index (χ0n) is 10.6. The highest BCUT2D eigenvalue weighted by Gasteiger charge is 2.09. The van der Waals surface area contributed by atoms with Crippen molar-refractivity contribution in [1.82, 2.24) is 9.55 Å². The van der Waals surface area contributed by atoms with Crippen LogP contribution in [0.15, 0.2) is 24.4 Å². The lowest BCUT2D eigenvalue weighted by Crippen LogP contribution is -1.99. The van der Waals surface area contributed by atoms with E-state index < -0.39 is 0 Å². The number of nitrogens with zero attached hydrogens (tertiary/aromatic N) is 2. The number of methoxy groups -OCH3 is 1. The maximum Gasteiger partial charge on any atom is 0.211 e. The molecule has 1 aromatic heterocycles. The highest BCUT2D eigenvalue weighted by atomic mass is 16.5. The van der Waals surface area contributed by atoms with E-state index in [1.165, 1.54) is 0 Å². The summed E-state index contributed by atoms with van der Waals surface area (Å²) >= 11 is 0. The van der Waals surface area contributed by atoms with Gasteiger partial charge in [0, 0.05) is 24.5 Å². The maximum absolute atomic E-state index is 10.5. The van der Waals surface area contributed by atoms with E-state index in [1.807, 2.05) is 36.9 Å². The van der Waals surface area contributed by atoms with Gasteiger partial charge >= 0.3 is 0 Å². The van der Waals surface area contributed by atoms with Crippen LogP contribution in [0.3, 0.4) is 0 Å². The van der Waals surface area contributed by atoms with E-state index >= 15 is 0 Å². The highest BCUT2D eigenvalue weighted by Crippen LogP contribution is 2.29. The van der Waals surface area contributed by atoms with E-state index in [0.29, 0.717) is 17.8 Å². The van der Waals surface area contributed by atoms with Crippen molar-refractivity contribution in [3.8, 4) is 17.1 Å². The molecule has 1 N–H and O–H groups in total. The molecule has 2 rings (SSSR count). The Labute approximate surface area is 105 Å². The largest absolute Gasteiger partial charge is 0.495 e. The summed E-state index contributed by atoms with van der Waals surface area (Å²) in [5.41, 5.74) is 2.67. The van der Waals surface area contributed by atoms with Crippen molar-refractivity contribution in [2.45, 2.75) is 6.92 Å². The van der Waals surface area contributed by atoms with Crippen LogP contribution in [0.1, 0.15) is 5.69 Å². The first-order chi connectivity index (χ1) is 8.67. The van der Waals surface area contributed by atoms with E-state index in [4.69, 9.17) is 4.74 Å². The minimum Gasteiger partial charge on any atom is -0.495 e. The van der Waals surface area contributed by atoms with Gasteiger partial charge in [-0.15, -0.1) is 0 Å². The van der Waals surface area contributed by atoms with Gasteiger partial charge in [0.1, 0.15) is 11.6 Å². The summed E-state index contributed by atoms with van der Waals surface area (Å²) in [7, 11) is 3.53. The molecule has 0 saturated heterocycles. The van der Waals surface area contributed by atoms with Gasteiger partial charge in [-0.1, -0.05) is 0 Å². The quantitative estimate of drug-likeness (QED) is 0.838. The maximum atomic E-state index is 10.5. The molecular weight excluding hydrogens is 230 g/mol. The van der Waals surface area contributed by atoms with Crippen LogP contribution < -0.4 is 10.1 Å². The second kappa shape index (κ2) is 4.91. The average molecular weight is 245 g/mol. The van der Waals surface area contributed by atoms with Gasteiger partial charge in [0.05, 0.1) is 12.8 Å². The minimum atomic E-state index is 0.611. The van der Waals surface area contributed by atoms with Gasteiger partial charge in [-0.25, -0.2) is 4.98 Å². The van der Waals surface area contributed by atoms with E-state index in [0.717, 1.165) is 17.1 Å². The predicted molar refractivity (Wildman–Crippen MR) is 69.6 cm³/mol. The van der Waals surface area contributed by atoms with Gasteiger partial charge in [-0.2, -0.15) is 0 Å². The first-order valence-electron chi connectivity index (χ1n) is 5.54. The first kappa shape index (κ1) is 12.2. The van der Waals surface area contributed by atoms with Gasteiger partial charge in [-0.3, -0.25) is 4.79 Å². The third kappa shape index (κ3) is 2.07. The number of aromatic nitrogens is 2. The van der Waals surface area contributed by atoms with Gasteiger partial charge in [0.2, 0.25) is 6.41 Å². The van der Waals surface area contributed by atoms with E-state index in [2.05, 4.69) is 10.3 Å². The molecular formula is C13H15N3O2. The van der Waals surface area contributed by atoms with Gasteiger partial charge in [-0.05, 0) is 25.1 Å². The molecule has 0 saturated carbocycles. The molecule has 0 atom stereocenters. The van der Waals surface area contributed by atoms with Crippen molar-refractivity contribution in [3.63, 3.8) is 0 Å². The van der Waals surface area contributed by atoms with Crippen LogP contribution in [0.25, 0.3) is 11.4 Å². The van der Waals surface area contributed by atoms with Crippen molar-refractivity contribution in [2.75, 3.05) is 12.4 Å². The monoisotopic (exact) mass is 245 g/mol. The fourth-order valence-corrected chi connectivity index (χ4v) is 1.78. The lowest BCUT2D eigenvalue weighted by molar-refractivity contribution is -0.105. The number of hydrogen-bond donors (Lipinski definition) is 1. The normalized spacial score (nSPS) is 10.2. The van der Waals surface area contributed by atoms with Gasteiger partial charge in [0.25, 0.3) is 0 Å². The van der Waals surface area contributed by atoms with E-state index in [-0.39, 0.29) is 0 Å². The van der Waals surface area contributed by atoms with Crippen molar-refractivity contribution < 1.29 is 9.53 Å². The Hall–Kier alpha value is -2.30. The van der Waals surface area contributed by atoms with Crippen molar-refractivity contribution >= 4 is 12.1 Å². The number of carbonyl (C=O) groups is 1. The summed E-state index contributed by atoms with van der Waals surface area (Å²) in [6.45, 7) is 2.00. The molecule has 5 heteroatoms. The minimum absolute atomic E-state index is 0.611. The third-order valence-electron chi connectivity index (χ3n) is 2.89. The number of rotatable bonds is 4. The first-order valence-corrected chi connectivity index (χ1v) is 5.54. The summed E-state index contributed by atoms with van der Waals surface area (Å²) in [6.07, 6.45) is 2.45. The van der Waals surface area contributed by atoms with Crippen LogP contribution in [0, 0.1) is 6.92 Å². The number of amides is 1. The molecule has 1 heterocycles. The van der Waals surface area contributed by atoms with E-state index in [9.17, 15) is 4.79 Å².